The summed E-state index contributed by atoms with van der Waals surface area (Å²) in [5.74, 6) is -0.366. The van der Waals surface area contributed by atoms with Gasteiger partial charge in [-0.3, -0.25) is 4.90 Å². The lowest BCUT2D eigenvalue weighted by atomic mass is 10.0. The van der Waals surface area contributed by atoms with Gasteiger partial charge in [0.15, 0.2) is 6.04 Å². The molecule has 2 aromatic carbocycles. The fourth-order valence-electron chi connectivity index (χ4n) is 2.93. The van der Waals surface area contributed by atoms with Gasteiger partial charge in [0.25, 0.3) is 0 Å². The van der Waals surface area contributed by atoms with Gasteiger partial charge in [0.1, 0.15) is 5.75 Å². The Balaban J connectivity index is 2.30. The predicted molar refractivity (Wildman–Crippen MR) is 111 cm³/mol. The van der Waals surface area contributed by atoms with E-state index in [0.29, 0.717) is 42.3 Å². The molecule has 0 heterocycles. The number of hydrogen-bond acceptors (Lipinski definition) is 6. The quantitative estimate of drug-likeness (QED) is 0.601. The number of nitrogens with one attached hydrogen (secondary N) is 1. The molecular weight excluding hydrogens is 370 g/mol. The number of carboxylic acid groups (broad SMARTS) is 1. The first-order valence-corrected chi connectivity index (χ1v) is 9.40. The van der Waals surface area contributed by atoms with E-state index in [1.807, 2.05) is 32.2 Å². The van der Waals surface area contributed by atoms with Gasteiger partial charge in [0, 0.05) is 25.9 Å². The zero-order valence-electron chi connectivity index (χ0n) is 17.0. The van der Waals surface area contributed by atoms with Crippen molar-refractivity contribution in [2.24, 2.45) is 0 Å². The van der Waals surface area contributed by atoms with E-state index >= 15 is 0 Å². The van der Waals surface area contributed by atoms with Gasteiger partial charge in [-0.1, -0.05) is 6.07 Å². The van der Waals surface area contributed by atoms with Gasteiger partial charge in [-0.2, -0.15) is 5.26 Å². The van der Waals surface area contributed by atoms with Crippen LogP contribution in [0.25, 0.3) is 0 Å². The van der Waals surface area contributed by atoms with E-state index in [2.05, 4.69) is 10.2 Å². The molecule has 0 amide bonds. The zero-order chi connectivity index (χ0) is 21.2. The molecule has 1 unspecified atom stereocenters. The molecule has 0 spiro atoms. The molecule has 0 fully saturated rings. The third kappa shape index (κ3) is 6.79. The lowest BCUT2D eigenvalue weighted by molar-refractivity contribution is -0.138. The standard InChI is InChI=1S/C22H27N3O4/c1-4-29-20-12-17(15-25(2)9-10-28-3)11-18(13-20)21(22(26)27)24-19-7-5-16(14-23)6-8-19/h5-8,11-13,21,24H,4,9-10,15H2,1-3H3,(H,26,27). The van der Waals surface area contributed by atoms with Gasteiger partial charge in [-0.25, -0.2) is 4.79 Å². The van der Waals surface area contributed by atoms with Crippen LogP contribution in [0.3, 0.4) is 0 Å². The number of ether oxygens (including phenoxy) is 2. The molecule has 0 saturated carbocycles. The summed E-state index contributed by atoms with van der Waals surface area (Å²) >= 11 is 0. The Labute approximate surface area is 171 Å². The van der Waals surface area contributed by atoms with Crippen LogP contribution in [0, 0.1) is 11.3 Å². The van der Waals surface area contributed by atoms with Crippen LogP contribution in [0.2, 0.25) is 0 Å². The number of hydrogen-bond donors (Lipinski definition) is 2. The van der Waals surface area contributed by atoms with Crippen molar-refractivity contribution in [1.29, 1.82) is 5.26 Å². The van der Waals surface area contributed by atoms with Crippen molar-refractivity contribution in [2.75, 3.05) is 39.2 Å². The van der Waals surface area contributed by atoms with Crippen molar-refractivity contribution >= 4 is 11.7 Å². The topological polar surface area (TPSA) is 94.8 Å². The summed E-state index contributed by atoms with van der Waals surface area (Å²) in [5.41, 5.74) is 2.69. The van der Waals surface area contributed by atoms with E-state index in [9.17, 15) is 9.90 Å². The van der Waals surface area contributed by atoms with E-state index in [-0.39, 0.29) is 0 Å². The van der Waals surface area contributed by atoms with E-state index < -0.39 is 12.0 Å². The average molecular weight is 397 g/mol. The van der Waals surface area contributed by atoms with E-state index in [0.717, 1.165) is 12.1 Å². The highest BCUT2D eigenvalue weighted by Crippen LogP contribution is 2.26. The molecule has 2 rings (SSSR count). The second-order valence-electron chi connectivity index (χ2n) is 6.68. The number of carbonyl (C=O) groups is 1. The first-order chi connectivity index (χ1) is 14.0. The average Bonchev–Trinajstić information content (AvgIpc) is 2.70. The lowest BCUT2D eigenvalue weighted by Crippen LogP contribution is -2.23. The molecule has 1 atom stereocenters. The number of nitriles is 1. The number of methoxy groups -OCH3 is 1. The molecule has 0 radical (unpaired) electrons. The molecule has 7 nitrogen and oxygen atoms in total. The van der Waals surface area contributed by atoms with Gasteiger partial charge >= 0.3 is 5.97 Å². The summed E-state index contributed by atoms with van der Waals surface area (Å²) in [7, 11) is 3.64. The highest BCUT2D eigenvalue weighted by Gasteiger charge is 2.21. The second-order valence-corrected chi connectivity index (χ2v) is 6.68. The molecule has 0 aliphatic rings. The molecule has 2 aromatic rings. The summed E-state index contributed by atoms with van der Waals surface area (Å²) in [6.45, 7) is 4.40. The molecule has 0 bridgehead atoms. The second kappa shape index (κ2) is 11.1. The predicted octanol–water partition coefficient (Wildman–Crippen LogP) is 3.27. The third-order valence-corrected chi connectivity index (χ3v) is 4.33. The van der Waals surface area contributed by atoms with Gasteiger partial charge in [0.05, 0.1) is 24.8 Å². The first-order valence-electron chi connectivity index (χ1n) is 9.40. The summed E-state index contributed by atoms with van der Waals surface area (Å²) in [4.78, 5) is 14.1. The minimum atomic E-state index is -0.998. The van der Waals surface area contributed by atoms with Crippen LogP contribution in [0.4, 0.5) is 5.69 Å². The molecule has 154 valence electrons. The van der Waals surface area contributed by atoms with Crippen LogP contribution < -0.4 is 10.1 Å². The number of benzene rings is 2. The SMILES string of the molecule is CCOc1cc(CN(C)CCOC)cc(C(Nc2ccc(C#N)cc2)C(=O)O)c1. The minimum Gasteiger partial charge on any atom is -0.494 e. The smallest absolute Gasteiger partial charge is 0.330 e. The largest absolute Gasteiger partial charge is 0.494 e. The highest BCUT2D eigenvalue weighted by molar-refractivity contribution is 5.79. The van der Waals surface area contributed by atoms with Crippen molar-refractivity contribution in [3.63, 3.8) is 0 Å². The van der Waals surface area contributed by atoms with Crippen LogP contribution in [-0.2, 0) is 16.1 Å². The number of anilines is 1. The van der Waals surface area contributed by atoms with Crippen LogP contribution in [0.15, 0.2) is 42.5 Å². The number of aliphatic carboxylic acids is 1. The summed E-state index contributed by atoms with van der Waals surface area (Å²) in [6, 6.07) is 13.3. The molecule has 0 saturated heterocycles. The summed E-state index contributed by atoms with van der Waals surface area (Å²) < 4.78 is 10.8. The van der Waals surface area contributed by atoms with Crippen LogP contribution >= 0.6 is 0 Å². The maximum atomic E-state index is 12.0. The molecule has 7 heteroatoms. The Hall–Kier alpha value is -3.08. The van der Waals surface area contributed by atoms with Crippen molar-refractivity contribution in [2.45, 2.75) is 19.5 Å². The number of carboxylic acids is 1. The van der Waals surface area contributed by atoms with Gasteiger partial charge in [0.2, 0.25) is 0 Å². The van der Waals surface area contributed by atoms with Crippen LogP contribution in [-0.4, -0.2) is 49.9 Å². The van der Waals surface area contributed by atoms with Crippen molar-refractivity contribution in [1.82, 2.24) is 4.90 Å². The molecule has 2 N–H and O–H groups in total. The molecule has 0 aliphatic heterocycles. The highest BCUT2D eigenvalue weighted by atomic mass is 16.5. The molecular formula is C22H27N3O4. The van der Waals surface area contributed by atoms with Gasteiger partial charge in [-0.05, 0) is 61.5 Å². The molecule has 0 aromatic heterocycles. The number of rotatable bonds is 11. The van der Waals surface area contributed by atoms with E-state index in [1.54, 1.807) is 37.4 Å². The van der Waals surface area contributed by atoms with Crippen molar-refractivity contribution < 1.29 is 19.4 Å². The third-order valence-electron chi connectivity index (χ3n) is 4.33. The molecule has 0 aliphatic carbocycles. The van der Waals surface area contributed by atoms with Crippen LogP contribution in [0.5, 0.6) is 5.75 Å². The van der Waals surface area contributed by atoms with E-state index in [4.69, 9.17) is 14.7 Å². The fraction of sp³-hybridized carbons (Fsp3) is 0.364. The summed E-state index contributed by atoms with van der Waals surface area (Å²) in [6.07, 6.45) is 0. The Morgan fingerprint density at radius 3 is 2.59 bits per heavy atom. The zero-order valence-corrected chi connectivity index (χ0v) is 17.0. The van der Waals surface area contributed by atoms with Gasteiger partial charge < -0.3 is 19.9 Å². The maximum Gasteiger partial charge on any atom is 0.330 e. The Bertz CT molecular complexity index is 846. The fourth-order valence-corrected chi connectivity index (χ4v) is 2.93. The Morgan fingerprint density at radius 2 is 2.00 bits per heavy atom. The monoisotopic (exact) mass is 397 g/mol. The summed E-state index contributed by atoms with van der Waals surface area (Å²) in [5, 5.41) is 21.8. The normalized spacial score (nSPS) is 11.7. The maximum absolute atomic E-state index is 12.0. The van der Waals surface area contributed by atoms with Crippen LogP contribution in [0.1, 0.15) is 29.7 Å². The Morgan fingerprint density at radius 1 is 1.28 bits per heavy atom. The first kappa shape index (κ1) is 22.2. The lowest BCUT2D eigenvalue weighted by Gasteiger charge is -2.21. The number of nitrogens with zero attached hydrogens (tertiary/aromatic N) is 2. The molecule has 29 heavy (non-hydrogen) atoms. The van der Waals surface area contributed by atoms with E-state index in [1.165, 1.54) is 0 Å². The number of likely N-dealkylation sites (N-methyl/N-ethyl adjacent to an activating group) is 1. The van der Waals surface area contributed by atoms with Crippen molar-refractivity contribution in [3.05, 3.63) is 59.2 Å². The minimum absolute atomic E-state index is 0.489. The van der Waals surface area contributed by atoms with Crippen molar-refractivity contribution in [3.8, 4) is 11.8 Å². The Kier molecular flexibility index (Phi) is 8.46. The van der Waals surface area contributed by atoms with Gasteiger partial charge in [-0.15, -0.1) is 0 Å².